The van der Waals surface area contributed by atoms with Crippen LogP contribution >= 0.6 is 0 Å². The number of aliphatic hydroxyl groups excluding tert-OH is 1. The summed E-state index contributed by atoms with van der Waals surface area (Å²) in [7, 11) is 0. The van der Waals surface area contributed by atoms with Crippen LogP contribution in [0.4, 0.5) is 5.69 Å². The Kier molecular flexibility index (Phi) is 8.59. The normalized spacial score (nSPS) is 25.0. The first-order valence-electron chi connectivity index (χ1n) is 15.6. The van der Waals surface area contributed by atoms with Crippen molar-refractivity contribution in [2.45, 2.75) is 50.7 Å². The first-order valence-corrected chi connectivity index (χ1v) is 15.6. The van der Waals surface area contributed by atoms with E-state index < -0.39 is 12.1 Å². The smallest absolute Gasteiger partial charge is 0.275 e. The number of carbonyl (C=O) groups excluding carboxylic acids is 1. The molecule has 45 heavy (non-hydrogen) atoms. The van der Waals surface area contributed by atoms with Gasteiger partial charge in [0.15, 0.2) is 12.1 Å². The maximum atomic E-state index is 13.1. The van der Waals surface area contributed by atoms with Gasteiger partial charge in [-0.2, -0.15) is 0 Å². The summed E-state index contributed by atoms with van der Waals surface area (Å²) in [4.78, 5) is 24.4. The Morgan fingerprint density at radius 2 is 1.71 bits per heavy atom. The lowest BCUT2D eigenvalue weighted by Crippen LogP contribution is -2.50. The van der Waals surface area contributed by atoms with Crippen LogP contribution in [0.1, 0.15) is 59.3 Å². The summed E-state index contributed by atoms with van der Waals surface area (Å²) in [6.07, 6.45) is 2.17. The van der Waals surface area contributed by atoms with E-state index in [1.165, 1.54) is 6.20 Å². The Labute approximate surface area is 262 Å². The van der Waals surface area contributed by atoms with Gasteiger partial charge in [-0.3, -0.25) is 9.78 Å². The molecule has 4 heterocycles. The highest BCUT2D eigenvalue weighted by Crippen LogP contribution is 2.43. The maximum Gasteiger partial charge on any atom is 0.275 e. The molecule has 234 valence electrons. The number of fused-ring (bicyclic) bond motifs is 1. The summed E-state index contributed by atoms with van der Waals surface area (Å²) in [5.74, 6) is -0.714. The number of carbonyl (C=O) groups is 1. The van der Waals surface area contributed by atoms with Gasteiger partial charge in [-0.15, -0.1) is 0 Å². The predicted molar refractivity (Wildman–Crippen MR) is 167 cm³/mol. The highest BCUT2D eigenvalue weighted by molar-refractivity contribution is 6.03. The van der Waals surface area contributed by atoms with E-state index in [0.29, 0.717) is 24.4 Å². The zero-order valence-electron chi connectivity index (χ0n) is 25.3. The molecule has 10 heteroatoms. The lowest BCUT2D eigenvalue weighted by molar-refractivity contribution is -0.278. The molecule has 0 saturated carbocycles. The molecule has 4 atom stereocenters. The van der Waals surface area contributed by atoms with Gasteiger partial charge in [0.05, 0.1) is 49.3 Å². The number of para-hydroxylation sites is 2. The minimum atomic E-state index is -0.649. The molecule has 7 rings (SSSR count). The summed E-state index contributed by atoms with van der Waals surface area (Å²) in [6, 6.07) is 22.9. The molecule has 3 aliphatic rings. The molecule has 0 unspecified atom stereocenters. The van der Waals surface area contributed by atoms with Crippen molar-refractivity contribution >= 4 is 22.6 Å². The third-order valence-corrected chi connectivity index (χ3v) is 9.09. The molecular weight excluding hydrogens is 572 g/mol. The number of rotatable bonds is 7. The van der Waals surface area contributed by atoms with Crippen molar-refractivity contribution in [2.24, 2.45) is 5.92 Å². The summed E-state index contributed by atoms with van der Waals surface area (Å²) in [5.41, 5.74) is 4.92. The Morgan fingerprint density at radius 1 is 0.956 bits per heavy atom. The van der Waals surface area contributed by atoms with Crippen molar-refractivity contribution < 1.29 is 28.8 Å². The molecule has 1 amide bonds. The minimum Gasteiger partial charge on any atom is -0.392 e. The van der Waals surface area contributed by atoms with Gasteiger partial charge in [0.25, 0.3) is 5.91 Å². The number of hydrogen-bond acceptors (Lipinski definition) is 9. The standard InChI is InChI=1S/C35H38N4O6/c1-23-31(21-39-15-13-35(14-16-39)42-17-18-43-35)44-34(45-32(23)25-11-9-24(22-40)10-12-25)26-5-4-6-27(19-26)37-33(41)30-20-36-28-7-2-3-8-29(28)38-30/h2-12,19-20,23,31-32,34,40H,13-18,21-22H2,1H3,(H,37,41)/t23-,31+,32+,34+/m1/s1. The van der Waals surface area contributed by atoms with Gasteiger partial charge in [0.1, 0.15) is 5.69 Å². The van der Waals surface area contributed by atoms with Crippen molar-refractivity contribution in [2.75, 3.05) is 38.2 Å². The predicted octanol–water partition coefficient (Wildman–Crippen LogP) is 5.00. The molecular formula is C35H38N4O6. The second-order valence-electron chi connectivity index (χ2n) is 12.1. The van der Waals surface area contributed by atoms with Crippen LogP contribution in [0, 0.1) is 5.92 Å². The van der Waals surface area contributed by atoms with E-state index in [1.54, 1.807) is 0 Å². The largest absolute Gasteiger partial charge is 0.392 e. The molecule has 0 radical (unpaired) electrons. The summed E-state index contributed by atoms with van der Waals surface area (Å²) in [6.45, 7) is 5.96. The lowest BCUT2D eigenvalue weighted by Gasteiger charge is -2.44. The Hall–Kier alpha value is -3.77. The molecule has 2 N–H and O–H groups in total. The third-order valence-electron chi connectivity index (χ3n) is 9.09. The second-order valence-corrected chi connectivity index (χ2v) is 12.1. The van der Waals surface area contributed by atoms with Gasteiger partial charge < -0.3 is 34.3 Å². The number of anilines is 1. The van der Waals surface area contributed by atoms with Gasteiger partial charge in [-0.25, -0.2) is 4.98 Å². The van der Waals surface area contributed by atoms with Gasteiger partial charge >= 0.3 is 0 Å². The Morgan fingerprint density at radius 3 is 2.47 bits per heavy atom. The Bertz CT molecular complexity index is 1630. The van der Waals surface area contributed by atoms with E-state index in [2.05, 4.69) is 27.1 Å². The van der Waals surface area contributed by atoms with Gasteiger partial charge in [-0.05, 0) is 35.4 Å². The number of piperidine rings is 1. The zero-order valence-corrected chi connectivity index (χ0v) is 25.3. The number of ether oxygens (including phenoxy) is 4. The van der Waals surface area contributed by atoms with Crippen LogP contribution < -0.4 is 5.32 Å². The van der Waals surface area contributed by atoms with Gasteiger partial charge in [0, 0.05) is 49.6 Å². The number of amides is 1. The summed E-state index contributed by atoms with van der Waals surface area (Å²) in [5, 5.41) is 12.5. The first kappa shape index (κ1) is 29.9. The van der Waals surface area contributed by atoms with Crippen molar-refractivity contribution in [3.63, 3.8) is 0 Å². The second kappa shape index (κ2) is 12.9. The Balaban J connectivity index is 1.10. The quantitative estimate of drug-likeness (QED) is 0.298. The molecule has 0 aliphatic carbocycles. The minimum absolute atomic E-state index is 0.0110. The number of aliphatic hydroxyl groups is 1. The molecule has 1 aromatic heterocycles. The van der Waals surface area contributed by atoms with Gasteiger partial charge in [-0.1, -0.05) is 55.5 Å². The number of nitrogens with zero attached hydrogens (tertiary/aromatic N) is 3. The van der Waals surface area contributed by atoms with Crippen LogP contribution in [0.15, 0.2) is 79.0 Å². The lowest BCUT2D eigenvalue weighted by atomic mass is 9.89. The summed E-state index contributed by atoms with van der Waals surface area (Å²) < 4.78 is 25.2. The number of aromatic nitrogens is 2. The fourth-order valence-electron chi connectivity index (χ4n) is 6.47. The molecule has 1 spiro atoms. The van der Waals surface area contributed by atoms with Crippen molar-refractivity contribution in [1.82, 2.24) is 14.9 Å². The van der Waals surface area contributed by atoms with Crippen LogP contribution in [0.25, 0.3) is 11.0 Å². The SMILES string of the molecule is C[C@@H]1[C@H](CN2CCC3(CC2)OCCO3)O[C@H](c2cccc(NC(=O)c3cnc4ccccc4n3)c2)O[C@@H]1c1ccc(CO)cc1. The summed E-state index contributed by atoms with van der Waals surface area (Å²) >= 11 is 0. The molecule has 4 aromatic rings. The average Bonchev–Trinajstić information content (AvgIpc) is 3.54. The van der Waals surface area contributed by atoms with Crippen molar-refractivity contribution in [3.8, 4) is 0 Å². The third kappa shape index (κ3) is 6.48. The highest BCUT2D eigenvalue weighted by atomic mass is 16.7. The fourth-order valence-corrected chi connectivity index (χ4v) is 6.47. The van der Waals surface area contributed by atoms with E-state index in [0.717, 1.165) is 54.7 Å². The van der Waals surface area contributed by atoms with Crippen LogP contribution in [0.5, 0.6) is 0 Å². The van der Waals surface area contributed by atoms with Crippen LogP contribution in [0.2, 0.25) is 0 Å². The highest BCUT2D eigenvalue weighted by Gasteiger charge is 2.43. The van der Waals surface area contributed by atoms with E-state index in [9.17, 15) is 9.90 Å². The average molecular weight is 611 g/mol. The molecule has 0 bridgehead atoms. The number of hydrogen-bond donors (Lipinski definition) is 2. The number of nitrogens with one attached hydrogen (secondary N) is 1. The molecule has 3 fully saturated rings. The van der Waals surface area contributed by atoms with Crippen LogP contribution in [-0.4, -0.2) is 70.6 Å². The molecule has 3 aromatic carbocycles. The van der Waals surface area contributed by atoms with E-state index >= 15 is 0 Å². The topological polar surface area (TPSA) is 115 Å². The van der Waals surface area contributed by atoms with Crippen LogP contribution in [-0.2, 0) is 25.6 Å². The van der Waals surface area contributed by atoms with Crippen molar-refractivity contribution in [3.05, 3.63) is 101 Å². The van der Waals surface area contributed by atoms with Crippen LogP contribution in [0.3, 0.4) is 0 Å². The van der Waals surface area contributed by atoms with E-state index in [-0.39, 0.29) is 36.3 Å². The monoisotopic (exact) mass is 610 g/mol. The van der Waals surface area contributed by atoms with Crippen molar-refractivity contribution in [1.29, 1.82) is 0 Å². The zero-order chi connectivity index (χ0) is 30.8. The molecule has 10 nitrogen and oxygen atoms in total. The van der Waals surface area contributed by atoms with Gasteiger partial charge in [0.2, 0.25) is 0 Å². The number of benzene rings is 3. The maximum absolute atomic E-state index is 13.1. The molecule has 3 aliphatic heterocycles. The molecule has 3 saturated heterocycles. The number of likely N-dealkylation sites (tertiary alicyclic amines) is 1. The van der Waals surface area contributed by atoms with E-state index in [1.807, 2.05) is 72.8 Å². The fraction of sp³-hybridized carbons (Fsp3) is 0.400. The van der Waals surface area contributed by atoms with E-state index in [4.69, 9.17) is 18.9 Å². The first-order chi connectivity index (χ1) is 22.0.